The predicted molar refractivity (Wildman–Crippen MR) is 81.1 cm³/mol. The topological polar surface area (TPSA) is 44.5 Å². The van der Waals surface area contributed by atoms with E-state index in [1.165, 1.54) is 12.1 Å². The van der Waals surface area contributed by atoms with Gasteiger partial charge in [0.15, 0.2) is 11.5 Å². The van der Waals surface area contributed by atoms with Crippen molar-refractivity contribution in [1.82, 2.24) is 0 Å². The van der Waals surface area contributed by atoms with E-state index in [1.807, 2.05) is 32.0 Å². The van der Waals surface area contributed by atoms with Crippen LogP contribution < -0.4 is 15.2 Å². The van der Waals surface area contributed by atoms with Crippen molar-refractivity contribution in [3.8, 4) is 11.5 Å². The van der Waals surface area contributed by atoms with Crippen molar-refractivity contribution >= 4 is 0 Å². The van der Waals surface area contributed by atoms with Crippen LogP contribution in [0.25, 0.3) is 0 Å². The predicted octanol–water partition coefficient (Wildman–Crippen LogP) is 3.61. The third-order valence-electron chi connectivity index (χ3n) is 3.39. The van der Waals surface area contributed by atoms with Gasteiger partial charge in [-0.25, -0.2) is 4.39 Å². The summed E-state index contributed by atoms with van der Waals surface area (Å²) in [5.74, 6) is 1.04. The highest BCUT2D eigenvalue weighted by atomic mass is 19.1. The maximum atomic E-state index is 12.9. The van der Waals surface area contributed by atoms with Gasteiger partial charge >= 0.3 is 0 Å². The molecule has 2 N–H and O–H groups in total. The zero-order valence-electron chi connectivity index (χ0n) is 12.5. The molecule has 0 amide bonds. The Kier molecular flexibility index (Phi) is 4.81. The lowest BCUT2D eigenvalue weighted by atomic mass is 10.0. The average Bonchev–Trinajstić information content (AvgIpc) is 2.49. The van der Waals surface area contributed by atoms with E-state index in [2.05, 4.69) is 0 Å². The van der Waals surface area contributed by atoms with Gasteiger partial charge in [0.2, 0.25) is 0 Å². The number of rotatable bonds is 5. The smallest absolute Gasteiger partial charge is 0.161 e. The second-order valence-corrected chi connectivity index (χ2v) is 5.05. The van der Waals surface area contributed by atoms with Crippen LogP contribution in [-0.2, 0) is 0 Å². The summed E-state index contributed by atoms with van der Waals surface area (Å²) >= 11 is 0. The number of benzene rings is 2. The molecule has 2 aromatic carbocycles. The van der Waals surface area contributed by atoms with Gasteiger partial charge in [-0.05, 0) is 49.2 Å². The lowest BCUT2D eigenvalue weighted by Crippen LogP contribution is -2.28. The van der Waals surface area contributed by atoms with E-state index in [4.69, 9.17) is 15.2 Å². The van der Waals surface area contributed by atoms with Crippen molar-refractivity contribution in [1.29, 1.82) is 0 Å². The summed E-state index contributed by atoms with van der Waals surface area (Å²) in [7, 11) is 1.60. The highest BCUT2D eigenvalue weighted by Crippen LogP contribution is 2.30. The number of hydrogen-bond acceptors (Lipinski definition) is 3. The number of halogens is 1. The molecule has 0 aliphatic carbocycles. The van der Waals surface area contributed by atoms with E-state index in [1.54, 1.807) is 19.2 Å². The molecular formula is C17H20FNO2. The number of hydrogen-bond donors (Lipinski definition) is 1. The van der Waals surface area contributed by atoms with Gasteiger partial charge in [-0.3, -0.25) is 0 Å². The first-order chi connectivity index (χ1) is 10.0. The lowest BCUT2D eigenvalue weighted by molar-refractivity contribution is 0.183. The van der Waals surface area contributed by atoms with Crippen molar-refractivity contribution < 1.29 is 13.9 Å². The number of nitrogens with two attached hydrogens (primary N) is 1. The van der Waals surface area contributed by atoms with E-state index in [-0.39, 0.29) is 18.0 Å². The fourth-order valence-electron chi connectivity index (χ4n) is 2.10. The van der Waals surface area contributed by atoms with Gasteiger partial charge in [0.25, 0.3) is 0 Å². The highest BCUT2D eigenvalue weighted by Gasteiger charge is 2.18. The Morgan fingerprint density at radius 2 is 1.71 bits per heavy atom. The molecule has 3 nitrogen and oxygen atoms in total. The second-order valence-electron chi connectivity index (χ2n) is 5.05. The van der Waals surface area contributed by atoms with Crippen LogP contribution in [0, 0.1) is 12.7 Å². The Morgan fingerprint density at radius 3 is 2.33 bits per heavy atom. The summed E-state index contributed by atoms with van der Waals surface area (Å²) in [5.41, 5.74) is 8.09. The summed E-state index contributed by atoms with van der Waals surface area (Å²) < 4.78 is 24.2. The van der Waals surface area contributed by atoms with Crippen LogP contribution in [0.3, 0.4) is 0 Å². The average molecular weight is 289 g/mol. The summed E-state index contributed by atoms with van der Waals surface area (Å²) in [6.07, 6.45) is -0.271. The molecule has 21 heavy (non-hydrogen) atoms. The molecule has 2 atom stereocenters. The summed E-state index contributed by atoms with van der Waals surface area (Å²) in [6.45, 7) is 3.87. The van der Waals surface area contributed by atoms with Crippen LogP contribution >= 0.6 is 0 Å². The van der Waals surface area contributed by atoms with Gasteiger partial charge in [0.05, 0.1) is 13.2 Å². The molecule has 2 rings (SSSR count). The molecule has 0 saturated carbocycles. The Labute approximate surface area is 124 Å². The van der Waals surface area contributed by atoms with Crippen LogP contribution in [0.4, 0.5) is 4.39 Å². The minimum Gasteiger partial charge on any atom is -0.493 e. The van der Waals surface area contributed by atoms with Gasteiger partial charge in [-0.2, -0.15) is 0 Å². The first-order valence-corrected chi connectivity index (χ1v) is 6.83. The quantitative estimate of drug-likeness (QED) is 0.914. The van der Waals surface area contributed by atoms with Crippen LogP contribution in [0.2, 0.25) is 0 Å². The molecule has 2 aromatic rings. The summed E-state index contributed by atoms with van der Waals surface area (Å²) in [5, 5.41) is 0. The monoisotopic (exact) mass is 289 g/mol. The summed E-state index contributed by atoms with van der Waals surface area (Å²) in [6, 6.07) is 11.5. The molecule has 4 heteroatoms. The molecule has 0 spiro atoms. The second kappa shape index (κ2) is 6.59. The maximum Gasteiger partial charge on any atom is 0.161 e. The normalized spacial score (nSPS) is 13.6. The molecule has 0 bridgehead atoms. The summed E-state index contributed by atoms with van der Waals surface area (Å²) in [4.78, 5) is 0. The minimum atomic E-state index is -0.350. The molecule has 0 aromatic heterocycles. The fourth-order valence-corrected chi connectivity index (χ4v) is 2.10. The molecule has 0 radical (unpaired) electrons. The van der Waals surface area contributed by atoms with Crippen molar-refractivity contribution in [2.75, 3.05) is 7.11 Å². The van der Waals surface area contributed by atoms with Crippen LogP contribution in [0.1, 0.15) is 24.1 Å². The van der Waals surface area contributed by atoms with Crippen molar-refractivity contribution in [2.24, 2.45) is 5.73 Å². The van der Waals surface area contributed by atoms with Gasteiger partial charge < -0.3 is 15.2 Å². The van der Waals surface area contributed by atoms with E-state index in [0.717, 1.165) is 11.1 Å². The molecular weight excluding hydrogens is 269 g/mol. The first kappa shape index (κ1) is 15.3. The van der Waals surface area contributed by atoms with E-state index in [0.29, 0.717) is 11.5 Å². The molecule has 0 saturated heterocycles. The van der Waals surface area contributed by atoms with Gasteiger partial charge in [0.1, 0.15) is 11.9 Å². The number of aryl methyl sites for hydroxylation is 1. The van der Waals surface area contributed by atoms with Gasteiger partial charge in [-0.1, -0.05) is 18.2 Å². The zero-order chi connectivity index (χ0) is 15.4. The molecule has 0 aliphatic heterocycles. The third-order valence-corrected chi connectivity index (χ3v) is 3.39. The Bertz CT molecular complexity index is 598. The SMILES string of the molecule is COc1cc(C)ccc1OC(C)C(N)c1ccc(F)cc1. The van der Waals surface area contributed by atoms with E-state index >= 15 is 0 Å². The van der Waals surface area contributed by atoms with Gasteiger partial charge in [0, 0.05) is 0 Å². The van der Waals surface area contributed by atoms with Crippen LogP contribution in [-0.4, -0.2) is 13.2 Å². The largest absolute Gasteiger partial charge is 0.493 e. The third kappa shape index (κ3) is 3.73. The Balaban J connectivity index is 2.13. The van der Waals surface area contributed by atoms with E-state index in [9.17, 15) is 4.39 Å². The molecule has 0 heterocycles. The maximum absolute atomic E-state index is 12.9. The standard InChI is InChI=1S/C17H20FNO2/c1-11-4-9-15(16(10-11)20-3)21-12(2)17(19)13-5-7-14(18)8-6-13/h4-10,12,17H,19H2,1-3H3. The molecule has 0 aliphatic rings. The number of ether oxygens (including phenoxy) is 2. The van der Waals surface area contributed by atoms with Gasteiger partial charge in [-0.15, -0.1) is 0 Å². The minimum absolute atomic E-state index is 0.271. The fraction of sp³-hybridized carbons (Fsp3) is 0.294. The van der Waals surface area contributed by atoms with Crippen molar-refractivity contribution in [3.05, 3.63) is 59.4 Å². The van der Waals surface area contributed by atoms with E-state index < -0.39 is 0 Å². The Morgan fingerprint density at radius 1 is 1.05 bits per heavy atom. The van der Waals surface area contributed by atoms with Crippen molar-refractivity contribution in [2.45, 2.75) is 26.0 Å². The molecule has 112 valence electrons. The molecule has 0 fully saturated rings. The molecule has 2 unspecified atom stereocenters. The Hall–Kier alpha value is -2.07. The highest BCUT2D eigenvalue weighted by molar-refractivity contribution is 5.42. The number of methoxy groups -OCH3 is 1. The first-order valence-electron chi connectivity index (χ1n) is 6.83. The van der Waals surface area contributed by atoms with Crippen LogP contribution in [0.5, 0.6) is 11.5 Å². The zero-order valence-corrected chi connectivity index (χ0v) is 12.5. The van der Waals surface area contributed by atoms with Crippen molar-refractivity contribution in [3.63, 3.8) is 0 Å². The van der Waals surface area contributed by atoms with Crippen LogP contribution in [0.15, 0.2) is 42.5 Å². The lowest BCUT2D eigenvalue weighted by Gasteiger charge is -2.23.